The van der Waals surface area contributed by atoms with Crippen molar-refractivity contribution < 1.29 is 19.7 Å². The highest BCUT2D eigenvalue weighted by Crippen LogP contribution is 2.40. The van der Waals surface area contributed by atoms with Crippen molar-refractivity contribution in [1.29, 1.82) is 0 Å². The fourth-order valence-corrected chi connectivity index (χ4v) is 4.08. The van der Waals surface area contributed by atoms with Crippen LogP contribution in [0.5, 0.6) is 11.5 Å². The number of aromatic amines is 1. The molecule has 2 aliphatic heterocycles. The molecule has 162 valence electrons. The molecule has 0 aliphatic carbocycles. The number of carbonyl (C=O) groups is 1. The van der Waals surface area contributed by atoms with Crippen LogP contribution in [0.25, 0.3) is 11.3 Å². The molecule has 1 aromatic carbocycles. The number of anilines is 2. The van der Waals surface area contributed by atoms with Crippen LogP contribution in [0.2, 0.25) is 0 Å². The topological polar surface area (TPSA) is 118 Å². The molecular weight excluding hydrogens is 412 g/mol. The Morgan fingerprint density at radius 2 is 2.10 bits per heavy atom. The van der Waals surface area contributed by atoms with Gasteiger partial charge < -0.3 is 35.1 Å². The summed E-state index contributed by atoms with van der Waals surface area (Å²) in [6.45, 7) is 2.46. The molecule has 4 N–H and O–H groups in total. The Morgan fingerprint density at radius 1 is 1.33 bits per heavy atom. The molecule has 0 bridgehead atoms. The lowest BCUT2D eigenvalue weighted by atomic mass is 10.0. The van der Waals surface area contributed by atoms with Gasteiger partial charge in [0.2, 0.25) is 5.75 Å². The number of likely N-dealkylation sites (N-methyl/N-ethyl adjacent to an activating group) is 1. The minimum Gasteiger partial charge on any atom is -0.504 e. The van der Waals surface area contributed by atoms with Crippen molar-refractivity contribution in [2.24, 2.45) is 0 Å². The molecule has 30 heavy (non-hydrogen) atoms. The number of aromatic hydroxyl groups is 1. The smallest absolute Gasteiger partial charge is 0.504 e. The highest BCUT2D eigenvalue weighted by atomic mass is 35.5. The zero-order chi connectivity index (χ0) is 20.7. The first-order valence-corrected chi connectivity index (χ1v) is 9.53. The second kappa shape index (κ2) is 8.45. The average molecular weight is 437 g/mol. The third kappa shape index (κ3) is 3.90. The van der Waals surface area contributed by atoms with Crippen LogP contribution in [-0.2, 0) is 6.42 Å². The third-order valence-corrected chi connectivity index (χ3v) is 5.66. The van der Waals surface area contributed by atoms with Crippen LogP contribution in [-0.4, -0.2) is 66.0 Å². The molecule has 1 fully saturated rings. The van der Waals surface area contributed by atoms with Gasteiger partial charge >= 0.3 is 6.16 Å². The molecule has 2 aromatic rings. The van der Waals surface area contributed by atoms with Crippen LogP contribution in [0.3, 0.4) is 0 Å². The number of hydrogen-bond acceptors (Lipinski definition) is 7. The Morgan fingerprint density at radius 3 is 2.77 bits per heavy atom. The van der Waals surface area contributed by atoms with Crippen molar-refractivity contribution in [3.63, 3.8) is 0 Å². The monoisotopic (exact) mass is 436 g/mol. The number of pyridine rings is 1. The number of H-pyrrole nitrogens is 1. The molecule has 0 spiro atoms. The molecule has 1 unspecified atom stereocenters. The van der Waals surface area contributed by atoms with E-state index in [4.69, 9.17) is 5.11 Å². The van der Waals surface area contributed by atoms with E-state index >= 15 is 0 Å². The van der Waals surface area contributed by atoms with Crippen molar-refractivity contribution in [3.8, 4) is 22.8 Å². The van der Waals surface area contributed by atoms with Crippen molar-refractivity contribution in [3.05, 3.63) is 34.1 Å². The van der Waals surface area contributed by atoms with Crippen LogP contribution in [0, 0.1) is 0 Å². The average Bonchev–Trinajstić information content (AvgIpc) is 3.10. The number of aromatic nitrogens is 1. The number of carboxylic acid groups (broad SMARTS) is 1. The van der Waals surface area contributed by atoms with E-state index in [-0.39, 0.29) is 12.4 Å². The Labute approximate surface area is 179 Å². The second-order valence-corrected chi connectivity index (χ2v) is 7.61. The zero-order valence-electron chi connectivity index (χ0n) is 16.8. The number of ether oxygens (including phenoxy) is 1. The molecule has 1 atom stereocenters. The molecular formula is C20H25ClN4O5. The number of rotatable bonds is 3. The van der Waals surface area contributed by atoms with Gasteiger partial charge in [0.1, 0.15) is 0 Å². The van der Waals surface area contributed by atoms with Gasteiger partial charge in [-0.05, 0) is 45.1 Å². The molecule has 4 rings (SSSR count). The lowest BCUT2D eigenvalue weighted by Crippen LogP contribution is -2.31. The molecule has 3 heterocycles. The molecule has 1 aromatic heterocycles. The Balaban J connectivity index is 0.00000256. The number of nitrogens with one attached hydrogen (secondary N) is 2. The van der Waals surface area contributed by atoms with E-state index in [1.54, 1.807) is 0 Å². The van der Waals surface area contributed by atoms with E-state index in [1.807, 2.05) is 12.1 Å². The van der Waals surface area contributed by atoms with Crippen molar-refractivity contribution in [2.75, 3.05) is 43.9 Å². The maximum Gasteiger partial charge on any atom is 0.511 e. The minimum absolute atomic E-state index is 0. The van der Waals surface area contributed by atoms with E-state index in [0.717, 1.165) is 36.4 Å². The van der Waals surface area contributed by atoms with Gasteiger partial charge in [-0.15, -0.1) is 12.4 Å². The van der Waals surface area contributed by atoms with Gasteiger partial charge in [-0.25, -0.2) is 4.79 Å². The lowest BCUT2D eigenvalue weighted by molar-refractivity contribution is 0.142. The third-order valence-electron chi connectivity index (χ3n) is 5.66. The highest BCUT2D eigenvalue weighted by molar-refractivity contribution is 5.85. The fourth-order valence-electron chi connectivity index (χ4n) is 4.08. The van der Waals surface area contributed by atoms with E-state index in [0.29, 0.717) is 30.3 Å². The molecule has 2 aliphatic rings. The molecule has 9 nitrogen and oxygen atoms in total. The van der Waals surface area contributed by atoms with Crippen molar-refractivity contribution in [2.45, 2.75) is 18.9 Å². The van der Waals surface area contributed by atoms with E-state index in [9.17, 15) is 14.7 Å². The normalized spacial score (nSPS) is 17.4. The van der Waals surface area contributed by atoms with E-state index < -0.39 is 23.2 Å². The largest absolute Gasteiger partial charge is 0.511 e. The minimum atomic E-state index is -1.65. The van der Waals surface area contributed by atoms with Gasteiger partial charge in [0.15, 0.2) is 5.75 Å². The van der Waals surface area contributed by atoms with Gasteiger partial charge in [0, 0.05) is 48.2 Å². The van der Waals surface area contributed by atoms with Crippen LogP contribution >= 0.6 is 12.4 Å². The fraction of sp³-hybridized carbons (Fsp3) is 0.400. The molecule has 10 heteroatoms. The lowest BCUT2D eigenvalue weighted by Gasteiger charge is -2.23. The van der Waals surface area contributed by atoms with Crippen LogP contribution in [0.4, 0.5) is 16.2 Å². The molecule has 0 saturated carbocycles. The quantitative estimate of drug-likeness (QED) is 0.541. The van der Waals surface area contributed by atoms with Gasteiger partial charge in [0.05, 0.1) is 5.69 Å². The van der Waals surface area contributed by atoms with Crippen LogP contribution < -0.4 is 20.5 Å². The van der Waals surface area contributed by atoms with Gasteiger partial charge in [0.25, 0.3) is 5.56 Å². The summed E-state index contributed by atoms with van der Waals surface area (Å²) < 4.78 is 4.48. The predicted octanol–water partition coefficient (Wildman–Crippen LogP) is 2.33. The first-order chi connectivity index (χ1) is 13.8. The van der Waals surface area contributed by atoms with Gasteiger partial charge in [-0.1, -0.05) is 0 Å². The number of halogens is 1. The van der Waals surface area contributed by atoms with Crippen molar-refractivity contribution >= 4 is 29.9 Å². The van der Waals surface area contributed by atoms with Crippen molar-refractivity contribution in [1.82, 2.24) is 9.88 Å². The molecule has 1 saturated heterocycles. The summed E-state index contributed by atoms with van der Waals surface area (Å²) in [5.41, 5.74) is 2.85. The Kier molecular flexibility index (Phi) is 6.14. The zero-order valence-corrected chi connectivity index (χ0v) is 17.6. The predicted molar refractivity (Wildman–Crippen MR) is 117 cm³/mol. The maximum atomic E-state index is 12.3. The van der Waals surface area contributed by atoms with E-state index in [2.05, 4.69) is 45.0 Å². The second-order valence-electron chi connectivity index (χ2n) is 7.61. The highest BCUT2D eigenvalue weighted by Gasteiger charge is 2.27. The number of hydrogen-bond donors (Lipinski definition) is 4. The summed E-state index contributed by atoms with van der Waals surface area (Å²) in [5.74, 6) is -1.03. The SMILES string of the molecule is CN(C)C1CCN(c2ccc3c(c2)NCCc2c-3[nH]c(=O)c(OC(=O)O)c2O)C1.Cl. The van der Waals surface area contributed by atoms with Gasteiger partial charge in [-0.3, -0.25) is 4.79 Å². The van der Waals surface area contributed by atoms with E-state index in [1.165, 1.54) is 0 Å². The van der Waals surface area contributed by atoms with Crippen LogP contribution in [0.15, 0.2) is 23.0 Å². The summed E-state index contributed by atoms with van der Waals surface area (Å²) >= 11 is 0. The van der Waals surface area contributed by atoms with Crippen LogP contribution in [0.1, 0.15) is 12.0 Å². The first-order valence-electron chi connectivity index (χ1n) is 9.53. The Hall–Kier alpha value is -2.91. The van der Waals surface area contributed by atoms with Gasteiger partial charge in [-0.2, -0.15) is 0 Å². The number of nitrogens with zero attached hydrogens (tertiary/aromatic N) is 2. The standard InChI is InChI=1S/C20H24N4O5.ClH/c1-23(2)12-6-8-24(10-12)11-3-4-13-15(9-11)21-7-5-14-16(13)22-19(26)18(17(14)25)29-20(27)28;/h3-4,9,12,21H,5-8,10H2,1-2H3,(H,27,28)(H2,22,25,26);1H. The number of benzene rings is 1. The first kappa shape index (κ1) is 21.8. The summed E-state index contributed by atoms with van der Waals surface area (Å²) in [6.07, 6.45) is -0.137. The summed E-state index contributed by atoms with van der Waals surface area (Å²) in [4.78, 5) is 30.4. The summed E-state index contributed by atoms with van der Waals surface area (Å²) in [6, 6.07) is 6.49. The molecule has 0 radical (unpaired) electrons. The maximum absolute atomic E-state index is 12.3. The Bertz CT molecular complexity index is 1020. The summed E-state index contributed by atoms with van der Waals surface area (Å²) in [7, 11) is 4.18. The number of fused-ring (bicyclic) bond motifs is 3. The summed E-state index contributed by atoms with van der Waals surface area (Å²) in [5, 5.41) is 22.6. The molecule has 0 amide bonds.